The van der Waals surface area contributed by atoms with Crippen LogP contribution in [0.5, 0.6) is 11.5 Å². The highest BCUT2D eigenvalue weighted by atomic mass is 16.5. The molecule has 1 fully saturated rings. The number of aryl methyl sites for hydroxylation is 1. The van der Waals surface area contributed by atoms with Gasteiger partial charge in [0.1, 0.15) is 11.5 Å². The first-order valence-electron chi connectivity index (χ1n) is 10.3. The Morgan fingerprint density at radius 2 is 1.90 bits per heavy atom. The summed E-state index contributed by atoms with van der Waals surface area (Å²) >= 11 is 0. The van der Waals surface area contributed by atoms with Crippen LogP contribution >= 0.6 is 0 Å². The second-order valence-electron chi connectivity index (χ2n) is 7.54. The maximum Gasteiger partial charge on any atom is 0.265 e. The molecule has 4 rings (SSSR count). The molecule has 2 aromatic rings. The van der Waals surface area contributed by atoms with Crippen molar-refractivity contribution in [2.75, 3.05) is 44.9 Å². The molecule has 0 radical (unpaired) electrons. The van der Waals surface area contributed by atoms with E-state index in [1.54, 1.807) is 29.1 Å². The van der Waals surface area contributed by atoms with Gasteiger partial charge in [-0.2, -0.15) is 0 Å². The Balaban J connectivity index is 1.58. The summed E-state index contributed by atoms with van der Waals surface area (Å²) in [6.07, 6.45) is 2.50. The summed E-state index contributed by atoms with van der Waals surface area (Å²) in [7, 11) is 1.60. The largest absolute Gasteiger partial charge is 0.496 e. The Kier molecular flexibility index (Phi) is 6.23. The summed E-state index contributed by atoms with van der Waals surface area (Å²) in [6, 6.07) is 13.1. The Morgan fingerprint density at radius 3 is 2.68 bits per heavy atom. The van der Waals surface area contributed by atoms with Gasteiger partial charge < -0.3 is 24.0 Å². The van der Waals surface area contributed by atoms with E-state index in [4.69, 9.17) is 14.2 Å². The molecule has 7 nitrogen and oxygen atoms in total. The number of benzene rings is 2. The van der Waals surface area contributed by atoms with Crippen LogP contribution in [0, 0.1) is 6.92 Å². The Hall–Kier alpha value is -3.32. The Morgan fingerprint density at radius 1 is 1.13 bits per heavy atom. The van der Waals surface area contributed by atoms with E-state index in [0.29, 0.717) is 43.5 Å². The number of rotatable bonds is 4. The number of para-hydroxylation sites is 2. The van der Waals surface area contributed by atoms with E-state index in [0.717, 1.165) is 11.1 Å². The highest BCUT2D eigenvalue weighted by Crippen LogP contribution is 2.34. The van der Waals surface area contributed by atoms with Gasteiger partial charge in [0, 0.05) is 24.7 Å². The molecule has 1 unspecified atom stereocenters. The van der Waals surface area contributed by atoms with Crippen LogP contribution in [0.25, 0.3) is 6.08 Å². The standard InChI is InChI=1S/C24H26N2O5/c1-17-7-9-20(29-2)18(15-17)8-10-23(27)26-16-22(24(28)25-11-13-30-14-12-25)31-21-6-4-3-5-19(21)26/h3-10,15,22H,11-14,16H2,1-2H3/b10-8+. The number of hydrogen-bond donors (Lipinski definition) is 0. The molecule has 0 bridgehead atoms. The lowest BCUT2D eigenvalue weighted by Gasteiger charge is -2.37. The first-order valence-corrected chi connectivity index (χ1v) is 10.3. The lowest BCUT2D eigenvalue weighted by molar-refractivity contribution is -0.142. The van der Waals surface area contributed by atoms with Crippen molar-refractivity contribution < 1.29 is 23.8 Å². The molecular formula is C24H26N2O5. The van der Waals surface area contributed by atoms with Gasteiger partial charge in [-0.1, -0.05) is 23.8 Å². The van der Waals surface area contributed by atoms with Crippen LogP contribution < -0.4 is 14.4 Å². The SMILES string of the molecule is COc1ccc(C)cc1/C=C/C(=O)N1CC(C(=O)N2CCOCC2)Oc2ccccc21. The van der Waals surface area contributed by atoms with Crippen LogP contribution in [0.2, 0.25) is 0 Å². The summed E-state index contributed by atoms with van der Waals surface area (Å²) in [5.41, 5.74) is 2.54. The summed E-state index contributed by atoms with van der Waals surface area (Å²) in [6.45, 7) is 4.22. The Labute approximate surface area is 181 Å². The molecule has 0 N–H and O–H groups in total. The zero-order valence-electron chi connectivity index (χ0n) is 17.7. The van der Waals surface area contributed by atoms with Crippen molar-refractivity contribution in [2.45, 2.75) is 13.0 Å². The number of anilines is 1. The number of morpholine rings is 1. The third-order valence-corrected chi connectivity index (χ3v) is 5.43. The van der Waals surface area contributed by atoms with Crippen LogP contribution in [-0.4, -0.2) is 62.8 Å². The molecule has 1 saturated heterocycles. The van der Waals surface area contributed by atoms with Crippen LogP contribution in [0.4, 0.5) is 5.69 Å². The highest BCUT2D eigenvalue weighted by Gasteiger charge is 2.35. The maximum absolute atomic E-state index is 13.2. The number of methoxy groups -OCH3 is 1. The molecule has 2 aliphatic rings. The van der Waals surface area contributed by atoms with Gasteiger partial charge in [0.15, 0.2) is 6.10 Å². The molecule has 31 heavy (non-hydrogen) atoms. The summed E-state index contributed by atoms with van der Waals surface area (Å²) < 4.78 is 16.7. The molecule has 162 valence electrons. The smallest absolute Gasteiger partial charge is 0.265 e. The zero-order valence-corrected chi connectivity index (χ0v) is 17.7. The van der Waals surface area contributed by atoms with E-state index in [1.807, 2.05) is 43.3 Å². The van der Waals surface area contributed by atoms with Gasteiger partial charge in [-0.25, -0.2) is 0 Å². The Bertz CT molecular complexity index is 997. The monoisotopic (exact) mass is 422 g/mol. The van der Waals surface area contributed by atoms with Crippen molar-refractivity contribution >= 4 is 23.6 Å². The number of ether oxygens (including phenoxy) is 3. The van der Waals surface area contributed by atoms with Gasteiger partial charge in [0.05, 0.1) is 32.6 Å². The van der Waals surface area contributed by atoms with E-state index >= 15 is 0 Å². The van der Waals surface area contributed by atoms with Gasteiger partial charge >= 0.3 is 0 Å². The average molecular weight is 422 g/mol. The quantitative estimate of drug-likeness (QED) is 0.709. The van der Waals surface area contributed by atoms with Gasteiger partial charge in [0.2, 0.25) is 0 Å². The predicted molar refractivity (Wildman–Crippen MR) is 117 cm³/mol. The number of nitrogens with zero attached hydrogens (tertiary/aromatic N) is 2. The highest BCUT2D eigenvalue weighted by molar-refractivity contribution is 6.06. The van der Waals surface area contributed by atoms with Crippen molar-refractivity contribution in [3.63, 3.8) is 0 Å². The van der Waals surface area contributed by atoms with Crippen molar-refractivity contribution in [3.8, 4) is 11.5 Å². The van der Waals surface area contributed by atoms with Gasteiger partial charge in [-0.3, -0.25) is 9.59 Å². The van der Waals surface area contributed by atoms with E-state index in [-0.39, 0.29) is 18.4 Å². The summed E-state index contributed by atoms with van der Waals surface area (Å²) in [4.78, 5) is 29.5. The molecule has 0 aliphatic carbocycles. The minimum atomic E-state index is -0.751. The number of carbonyl (C=O) groups is 2. The minimum Gasteiger partial charge on any atom is -0.496 e. The van der Waals surface area contributed by atoms with E-state index in [9.17, 15) is 9.59 Å². The predicted octanol–water partition coefficient (Wildman–Crippen LogP) is 2.67. The van der Waals surface area contributed by atoms with Crippen LogP contribution in [-0.2, 0) is 14.3 Å². The molecule has 0 saturated carbocycles. The third-order valence-electron chi connectivity index (χ3n) is 5.43. The second-order valence-corrected chi connectivity index (χ2v) is 7.54. The lowest BCUT2D eigenvalue weighted by Crippen LogP contribution is -2.53. The maximum atomic E-state index is 13.2. The molecule has 2 amide bonds. The fourth-order valence-electron chi connectivity index (χ4n) is 3.79. The van der Waals surface area contributed by atoms with E-state index in [1.165, 1.54) is 6.08 Å². The topological polar surface area (TPSA) is 68.3 Å². The number of hydrogen-bond acceptors (Lipinski definition) is 5. The van der Waals surface area contributed by atoms with Crippen molar-refractivity contribution in [3.05, 3.63) is 59.7 Å². The van der Waals surface area contributed by atoms with Gasteiger partial charge in [0.25, 0.3) is 11.8 Å². The summed E-state index contributed by atoms with van der Waals surface area (Å²) in [5.74, 6) is 0.867. The molecule has 2 heterocycles. The molecule has 2 aromatic carbocycles. The van der Waals surface area contributed by atoms with Gasteiger partial charge in [-0.15, -0.1) is 0 Å². The van der Waals surface area contributed by atoms with E-state index < -0.39 is 6.10 Å². The lowest BCUT2D eigenvalue weighted by atomic mass is 10.1. The first kappa shape index (κ1) is 20.9. The minimum absolute atomic E-state index is 0.125. The zero-order chi connectivity index (χ0) is 21.8. The number of amides is 2. The van der Waals surface area contributed by atoms with Crippen LogP contribution in [0.1, 0.15) is 11.1 Å². The average Bonchev–Trinajstić information content (AvgIpc) is 2.82. The molecular weight excluding hydrogens is 396 g/mol. The van der Waals surface area contributed by atoms with Crippen LogP contribution in [0.3, 0.4) is 0 Å². The molecule has 7 heteroatoms. The normalized spacial score (nSPS) is 18.5. The molecule has 0 aromatic heterocycles. The molecule has 1 atom stereocenters. The van der Waals surface area contributed by atoms with Crippen molar-refractivity contribution in [2.24, 2.45) is 0 Å². The fraction of sp³-hybridized carbons (Fsp3) is 0.333. The third kappa shape index (κ3) is 4.56. The summed E-state index contributed by atoms with van der Waals surface area (Å²) in [5, 5.41) is 0. The second kappa shape index (κ2) is 9.22. The van der Waals surface area contributed by atoms with Crippen molar-refractivity contribution in [1.29, 1.82) is 0 Å². The number of carbonyl (C=O) groups excluding carboxylic acids is 2. The van der Waals surface area contributed by atoms with E-state index in [2.05, 4.69) is 0 Å². The molecule has 0 spiro atoms. The number of fused-ring (bicyclic) bond motifs is 1. The first-order chi connectivity index (χ1) is 15.1. The van der Waals surface area contributed by atoms with Gasteiger partial charge in [-0.05, 0) is 37.3 Å². The van der Waals surface area contributed by atoms with Crippen molar-refractivity contribution in [1.82, 2.24) is 4.90 Å². The fourth-order valence-corrected chi connectivity index (χ4v) is 3.79. The molecule has 2 aliphatic heterocycles. The van der Waals surface area contributed by atoms with Crippen LogP contribution in [0.15, 0.2) is 48.5 Å².